The van der Waals surface area contributed by atoms with Gasteiger partial charge in [0, 0.05) is 20.1 Å². The van der Waals surface area contributed by atoms with Crippen LogP contribution in [0, 0.1) is 5.92 Å². The Bertz CT molecular complexity index is 1260. The van der Waals surface area contributed by atoms with Crippen LogP contribution in [0.15, 0.2) is 72.8 Å². The van der Waals surface area contributed by atoms with Crippen LogP contribution in [0.3, 0.4) is 0 Å². The van der Waals surface area contributed by atoms with Crippen LogP contribution < -0.4 is 22.1 Å². The van der Waals surface area contributed by atoms with Crippen molar-refractivity contribution in [1.29, 1.82) is 0 Å². The van der Waals surface area contributed by atoms with Gasteiger partial charge in [-0.05, 0) is 28.3 Å². The Morgan fingerprint density at radius 1 is 0.919 bits per heavy atom. The van der Waals surface area contributed by atoms with Crippen LogP contribution in [-0.4, -0.2) is 42.9 Å². The first-order valence-corrected chi connectivity index (χ1v) is 11.9. The molecule has 2 atom stereocenters. The third-order valence-electron chi connectivity index (χ3n) is 6.32. The molecule has 0 bridgehead atoms. The molecule has 0 radical (unpaired) electrons. The molecule has 194 valence electrons. The molecule has 3 aromatic carbocycles. The number of carbonyl (C=O) groups is 4. The first-order valence-electron chi connectivity index (χ1n) is 11.9. The molecular weight excluding hydrogens is 472 g/mol. The lowest BCUT2D eigenvalue weighted by Crippen LogP contribution is -2.67. The van der Waals surface area contributed by atoms with Gasteiger partial charge in [0.1, 0.15) is 5.54 Å². The number of nitrogens with one attached hydrogen (secondary N) is 2. The quantitative estimate of drug-likeness (QED) is 0.278. The number of hydrogen-bond donors (Lipinski definition) is 4. The van der Waals surface area contributed by atoms with E-state index in [9.17, 15) is 19.2 Å². The van der Waals surface area contributed by atoms with Crippen molar-refractivity contribution in [1.82, 2.24) is 10.6 Å². The largest absolute Gasteiger partial charge is 0.384 e. The number of primary amides is 2. The molecule has 0 fully saturated rings. The van der Waals surface area contributed by atoms with Crippen molar-refractivity contribution in [2.24, 2.45) is 17.4 Å². The summed E-state index contributed by atoms with van der Waals surface area (Å²) in [6.07, 6.45) is -0.259. The molecule has 0 saturated carbocycles. The number of methoxy groups -OCH3 is 1. The second kappa shape index (κ2) is 12.6. The van der Waals surface area contributed by atoms with E-state index in [0.29, 0.717) is 6.42 Å². The fourth-order valence-electron chi connectivity index (χ4n) is 4.42. The second-order valence-corrected chi connectivity index (χ2v) is 8.88. The summed E-state index contributed by atoms with van der Waals surface area (Å²) in [5.41, 5.74) is 10.9. The summed E-state index contributed by atoms with van der Waals surface area (Å²) in [7, 11) is 1.35. The predicted molar refractivity (Wildman–Crippen MR) is 140 cm³/mol. The highest BCUT2D eigenvalue weighted by Crippen LogP contribution is 2.25. The lowest BCUT2D eigenvalue weighted by molar-refractivity contribution is -0.144. The number of aryl methyl sites for hydroxylation is 1. The van der Waals surface area contributed by atoms with Gasteiger partial charge in [0.15, 0.2) is 0 Å². The summed E-state index contributed by atoms with van der Waals surface area (Å²) in [6, 6.07) is 22.7. The molecule has 0 aliphatic carbocycles. The Morgan fingerprint density at radius 2 is 1.59 bits per heavy atom. The average Bonchev–Trinajstić information content (AvgIpc) is 2.89. The maximum Gasteiger partial charge on any atom is 0.244 e. The molecule has 0 aromatic heterocycles. The van der Waals surface area contributed by atoms with Gasteiger partial charge < -0.3 is 26.8 Å². The molecule has 0 spiro atoms. The molecular formula is C28H32N4O5. The van der Waals surface area contributed by atoms with Crippen molar-refractivity contribution in [3.8, 4) is 0 Å². The maximum atomic E-state index is 13.4. The molecule has 37 heavy (non-hydrogen) atoms. The van der Waals surface area contributed by atoms with Crippen molar-refractivity contribution >= 4 is 34.4 Å². The van der Waals surface area contributed by atoms with Crippen molar-refractivity contribution < 1.29 is 23.9 Å². The van der Waals surface area contributed by atoms with Gasteiger partial charge in [-0.2, -0.15) is 0 Å². The van der Waals surface area contributed by atoms with Gasteiger partial charge in [0.25, 0.3) is 0 Å². The predicted octanol–water partition coefficient (Wildman–Crippen LogP) is 1.57. The number of nitrogens with two attached hydrogens (primary N) is 2. The van der Waals surface area contributed by atoms with Crippen LogP contribution in [0.4, 0.5) is 0 Å². The topological polar surface area (TPSA) is 154 Å². The molecule has 9 nitrogen and oxygen atoms in total. The third-order valence-corrected chi connectivity index (χ3v) is 6.32. The van der Waals surface area contributed by atoms with Gasteiger partial charge in [0.2, 0.25) is 23.6 Å². The van der Waals surface area contributed by atoms with E-state index in [2.05, 4.69) is 10.6 Å². The Balaban J connectivity index is 1.84. The van der Waals surface area contributed by atoms with Crippen molar-refractivity contribution in [3.63, 3.8) is 0 Å². The number of amides is 4. The molecule has 0 saturated heterocycles. The van der Waals surface area contributed by atoms with Crippen molar-refractivity contribution in [2.45, 2.75) is 31.3 Å². The van der Waals surface area contributed by atoms with E-state index < -0.39 is 41.5 Å². The van der Waals surface area contributed by atoms with Gasteiger partial charge in [0.05, 0.1) is 18.9 Å². The first-order chi connectivity index (χ1) is 17.8. The Morgan fingerprint density at radius 3 is 2.27 bits per heavy atom. The molecule has 0 aliphatic rings. The van der Waals surface area contributed by atoms with Crippen LogP contribution in [0.25, 0.3) is 10.8 Å². The number of rotatable bonds is 13. The van der Waals surface area contributed by atoms with Gasteiger partial charge in [-0.25, -0.2) is 0 Å². The zero-order valence-electron chi connectivity index (χ0n) is 20.7. The van der Waals surface area contributed by atoms with E-state index in [1.807, 2.05) is 72.8 Å². The molecule has 9 heteroatoms. The molecule has 0 heterocycles. The zero-order chi connectivity index (χ0) is 26.8. The standard InChI is InChI=1S/C28H32N4O5/c1-37-18-23(26(35)31-17-21-12-7-11-20-10-5-6-13-22(20)21)28(27(30)36,16-24(29)33)32-25(34)15-14-19-8-3-2-4-9-19/h2-13,23H,14-18H2,1H3,(H2,29,33)(H2,30,36)(H,31,35)(H,32,34)/t23-,28?/m0/s1. The first kappa shape index (κ1) is 27.3. The molecule has 6 N–H and O–H groups in total. The Hall–Kier alpha value is -4.24. The molecule has 1 unspecified atom stereocenters. The van der Waals surface area contributed by atoms with E-state index in [4.69, 9.17) is 16.2 Å². The summed E-state index contributed by atoms with van der Waals surface area (Å²) in [5, 5.41) is 7.35. The average molecular weight is 505 g/mol. The van der Waals surface area contributed by atoms with Gasteiger partial charge in [-0.3, -0.25) is 19.2 Å². The van der Waals surface area contributed by atoms with E-state index in [0.717, 1.165) is 21.9 Å². The normalized spacial score (nSPS) is 13.3. The van der Waals surface area contributed by atoms with Crippen LogP contribution in [0.2, 0.25) is 0 Å². The maximum absolute atomic E-state index is 13.4. The van der Waals surface area contributed by atoms with Gasteiger partial charge in [-0.1, -0.05) is 72.8 Å². The lowest BCUT2D eigenvalue weighted by atomic mass is 9.79. The fraction of sp³-hybridized carbons (Fsp3) is 0.286. The van der Waals surface area contributed by atoms with Crippen LogP contribution >= 0.6 is 0 Å². The van der Waals surface area contributed by atoms with Crippen molar-refractivity contribution in [3.05, 3.63) is 83.9 Å². The number of carbonyl (C=O) groups excluding carboxylic acids is 4. The zero-order valence-corrected chi connectivity index (χ0v) is 20.7. The summed E-state index contributed by atoms with van der Waals surface area (Å²) < 4.78 is 5.22. The highest BCUT2D eigenvalue weighted by Gasteiger charge is 2.50. The fourth-order valence-corrected chi connectivity index (χ4v) is 4.42. The summed E-state index contributed by atoms with van der Waals surface area (Å²) in [4.78, 5) is 51.2. The van der Waals surface area contributed by atoms with E-state index in [1.54, 1.807) is 0 Å². The number of benzene rings is 3. The van der Waals surface area contributed by atoms with E-state index in [-0.39, 0.29) is 19.6 Å². The van der Waals surface area contributed by atoms with Crippen LogP contribution in [0.5, 0.6) is 0 Å². The van der Waals surface area contributed by atoms with Gasteiger partial charge >= 0.3 is 0 Å². The summed E-state index contributed by atoms with van der Waals surface area (Å²) in [5.74, 6) is -4.42. The Kier molecular flexibility index (Phi) is 9.34. The smallest absolute Gasteiger partial charge is 0.244 e. The molecule has 3 aromatic rings. The van der Waals surface area contributed by atoms with Crippen LogP contribution in [0.1, 0.15) is 24.0 Å². The lowest BCUT2D eigenvalue weighted by Gasteiger charge is -2.37. The highest BCUT2D eigenvalue weighted by molar-refractivity contribution is 5.99. The number of hydrogen-bond acceptors (Lipinski definition) is 5. The van der Waals surface area contributed by atoms with Gasteiger partial charge in [-0.15, -0.1) is 0 Å². The summed E-state index contributed by atoms with van der Waals surface area (Å²) in [6.45, 7) is -0.135. The third kappa shape index (κ3) is 6.92. The molecule has 3 rings (SSSR count). The van der Waals surface area contributed by atoms with E-state index >= 15 is 0 Å². The Labute approximate surface area is 215 Å². The molecule has 4 amide bonds. The van der Waals surface area contributed by atoms with E-state index in [1.165, 1.54) is 7.11 Å². The minimum absolute atomic E-state index is 0.00906. The summed E-state index contributed by atoms with van der Waals surface area (Å²) >= 11 is 0. The minimum Gasteiger partial charge on any atom is -0.384 e. The SMILES string of the molecule is COC[C@@H](C(=O)NCc1cccc2ccccc12)C(CC(N)=O)(NC(=O)CCc1ccccc1)C(N)=O. The number of ether oxygens (including phenoxy) is 1. The van der Waals surface area contributed by atoms with Crippen molar-refractivity contribution in [2.75, 3.05) is 13.7 Å². The number of fused-ring (bicyclic) bond motifs is 1. The minimum atomic E-state index is -2.07. The second-order valence-electron chi connectivity index (χ2n) is 8.88. The molecule has 0 aliphatic heterocycles. The highest BCUT2D eigenvalue weighted by atomic mass is 16.5. The monoisotopic (exact) mass is 504 g/mol. The van der Waals surface area contributed by atoms with Crippen LogP contribution in [-0.2, 0) is 36.9 Å².